The lowest BCUT2D eigenvalue weighted by Crippen LogP contribution is -2.65. The summed E-state index contributed by atoms with van der Waals surface area (Å²) in [6, 6.07) is 6.52. The Kier molecular flexibility index (Phi) is 6.08. The van der Waals surface area contributed by atoms with Gasteiger partial charge in [-0.1, -0.05) is 32.4 Å². The van der Waals surface area contributed by atoms with Crippen LogP contribution < -0.4 is 10.1 Å². The molecule has 0 saturated carbocycles. The van der Waals surface area contributed by atoms with Crippen LogP contribution in [0.25, 0.3) is 0 Å². The fourth-order valence-corrected chi connectivity index (χ4v) is 3.46. The van der Waals surface area contributed by atoms with E-state index in [9.17, 15) is 9.59 Å². The molecule has 0 bridgehead atoms. The lowest BCUT2D eigenvalue weighted by atomic mass is 9.84. The second-order valence-corrected chi connectivity index (χ2v) is 9.45. The molecule has 3 rings (SSSR count). The van der Waals surface area contributed by atoms with Crippen LogP contribution >= 0.6 is 11.6 Å². The summed E-state index contributed by atoms with van der Waals surface area (Å²) >= 11 is 5.99. The Morgan fingerprint density at radius 1 is 1.20 bits per heavy atom. The van der Waals surface area contributed by atoms with E-state index in [-0.39, 0.29) is 11.8 Å². The smallest absolute Gasteiger partial charge is 0.245 e. The molecule has 9 heteroatoms. The summed E-state index contributed by atoms with van der Waals surface area (Å²) in [5.41, 5.74) is -1.36. The quantitative estimate of drug-likeness (QED) is 0.678. The van der Waals surface area contributed by atoms with Crippen LogP contribution in [0.5, 0.6) is 5.75 Å². The van der Waals surface area contributed by atoms with E-state index in [0.717, 1.165) is 0 Å². The zero-order valence-corrected chi connectivity index (χ0v) is 18.7. The number of amides is 2. The minimum Gasteiger partial charge on any atom is -0.466 e. The van der Waals surface area contributed by atoms with Crippen molar-refractivity contribution in [1.29, 1.82) is 0 Å². The van der Waals surface area contributed by atoms with Gasteiger partial charge in [-0.25, -0.2) is 9.67 Å². The van der Waals surface area contributed by atoms with Crippen molar-refractivity contribution in [3.8, 4) is 5.75 Å². The van der Waals surface area contributed by atoms with Gasteiger partial charge in [0.25, 0.3) is 0 Å². The highest BCUT2D eigenvalue weighted by Crippen LogP contribution is 2.32. The van der Waals surface area contributed by atoms with Gasteiger partial charge in [0.2, 0.25) is 18.0 Å². The number of rotatable bonds is 7. The van der Waals surface area contributed by atoms with E-state index in [1.54, 1.807) is 54.0 Å². The van der Waals surface area contributed by atoms with E-state index in [4.69, 9.17) is 16.3 Å². The molecule has 2 aromatic rings. The molecule has 162 valence electrons. The van der Waals surface area contributed by atoms with Crippen LogP contribution in [0, 0.1) is 5.41 Å². The van der Waals surface area contributed by atoms with Crippen LogP contribution in [0.1, 0.15) is 47.3 Å². The number of carbonyl (C=O) groups is 2. The normalized spacial score (nSPS) is 16.6. The number of halogens is 1. The van der Waals surface area contributed by atoms with Gasteiger partial charge in [-0.15, -0.1) is 0 Å². The fourth-order valence-electron chi connectivity index (χ4n) is 3.34. The third-order valence-electron chi connectivity index (χ3n) is 5.35. The predicted molar refractivity (Wildman–Crippen MR) is 113 cm³/mol. The Labute approximate surface area is 181 Å². The van der Waals surface area contributed by atoms with Crippen molar-refractivity contribution in [1.82, 2.24) is 25.0 Å². The number of hydrogen-bond donors (Lipinski definition) is 1. The fraction of sp³-hybridized carbons (Fsp3) is 0.524. The molecule has 2 amide bonds. The lowest BCUT2D eigenvalue weighted by Gasteiger charge is -2.45. The third kappa shape index (κ3) is 4.59. The summed E-state index contributed by atoms with van der Waals surface area (Å²) in [5.74, 6) is 0.313. The number of β-lactam (4-membered cyclic amide) rings is 1. The van der Waals surface area contributed by atoms with Gasteiger partial charge in [0, 0.05) is 18.0 Å². The number of benzene rings is 1. The molecule has 8 nitrogen and oxygen atoms in total. The average Bonchev–Trinajstić information content (AvgIpc) is 3.17. The summed E-state index contributed by atoms with van der Waals surface area (Å²) in [5, 5.41) is 7.96. The van der Waals surface area contributed by atoms with Crippen molar-refractivity contribution in [2.45, 2.75) is 58.8 Å². The Bertz CT molecular complexity index is 890. The van der Waals surface area contributed by atoms with Crippen molar-refractivity contribution in [2.75, 3.05) is 6.54 Å². The zero-order valence-electron chi connectivity index (χ0n) is 17.9. The van der Waals surface area contributed by atoms with Gasteiger partial charge >= 0.3 is 0 Å². The Morgan fingerprint density at radius 2 is 1.87 bits per heavy atom. The van der Waals surface area contributed by atoms with Gasteiger partial charge in [-0.05, 0) is 43.5 Å². The lowest BCUT2D eigenvalue weighted by molar-refractivity contribution is -0.155. The number of nitrogens with one attached hydrogen (secondary N) is 1. The molecule has 30 heavy (non-hydrogen) atoms. The third-order valence-corrected chi connectivity index (χ3v) is 5.61. The first-order valence-electron chi connectivity index (χ1n) is 9.88. The predicted octanol–water partition coefficient (Wildman–Crippen LogP) is 3.05. The molecular formula is C21H28ClN5O3. The minimum atomic E-state index is -0.966. The van der Waals surface area contributed by atoms with Gasteiger partial charge in [-0.3, -0.25) is 9.59 Å². The maximum absolute atomic E-state index is 13.2. The topological polar surface area (TPSA) is 89.4 Å². The molecule has 0 spiro atoms. The Morgan fingerprint density at radius 3 is 2.33 bits per heavy atom. The number of nitrogens with zero attached hydrogens (tertiary/aromatic N) is 4. The molecule has 1 fully saturated rings. The molecule has 0 aliphatic carbocycles. The molecule has 0 radical (unpaired) electrons. The van der Waals surface area contributed by atoms with Gasteiger partial charge < -0.3 is 15.0 Å². The molecule has 1 N–H and O–H groups in total. The molecular weight excluding hydrogens is 406 g/mol. The van der Waals surface area contributed by atoms with Crippen LogP contribution in [0.2, 0.25) is 5.02 Å². The number of hydrogen-bond acceptors (Lipinski definition) is 5. The van der Waals surface area contributed by atoms with Gasteiger partial charge in [-0.2, -0.15) is 5.10 Å². The first kappa shape index (κ1) is 22.1. The molecule has 2 heterocycles. The van der Waals surface area contributed by atoms with E-state index in [0.29, 0.717) is 23.7 Å². The zero-order chi connectivity index (χ0) is 22.1. The largest absolute Gasteiger partial charge is 0.466 e. The van der Waals surface area contributed by atoms with Crippen LogP contribution in [0.4, 0.5) is 0 Å². The van der Waals surface area contributed by atoms with E-state index >= 15 is 0 Å². The summed E-state index contributed by atoms with van der Waals surface area (Å²) < 4.78 is 7.82. The van der Waals surface area contributed by atoms with E-state index < -0.39 is 23.2 Å². The standard InChI is InChI=1S/C21H28ClN5O3/c1-20(2,3)17(25-19(29)21(4,5)26-11-10-16(26)28)18(27-13-23-12-24-27)30-15-8-6-14(22)7-9-15/h6-9,12-13,17-18H,10-11H2,1-5H3,(H,25,29)/t17-,18-/m0/s1. The average molecular weight is 434 g/mol. The second-order valence-electron chi connectivity index (χ2n) is 9.01. The van der Waals surface area contributed by atoms with Crippen molar-refractivity contribution >= 4 is 23.4 Å². The van der Waals surface area contributed by atoms with Crippen molar-refractivity contribution in [2.24, 2.45) is 5.41 Å². The summed E-state index contributed by atoms with van der Waals surface area (Å²) in [6.45, 7) is 10.1. The first-order chi connectivity index (χ1) is 14.0. The molecule has 0 unspecified atom stereocenters. The molecule has 1 aliphatic heterocycles. The van der Waals surface area contributed by atoms with Gasteiger partial charge in [0.15, 0.2) is 0 Å². The Balaban J connectivity index is 1.90. The summed E-state index contributed by atoms with van der Waals surface area (Å²) in [4.78, 5) is 30.8. The SMILES string of the molecule is CC(C)(C)[C@@H](NC(=O)C(C)(C)N1CCC1=O)[C@H](Oc1ccc(Cl)cc1)n1cncn1. The summed E-state index contributed by atoms with van der Waals surface area (Å²) in [7, 11) is 0. The van der Waals surface area contributed by atoms with Crippen molar-refractivity contribution < 1.29 is 14.3 Å². The number of aromatic nitrogens is 3. The highest BCUT2D eigenvalue weighted by molar-refractivity contribution is 6.30. The highest BCUT2D eigenvalue weighted by atomic mass is 35.5. The van der Waals surface area contributed by atoms with E-state index in [2.05, 4.69) is 15.4 Å². The van der Waals surface area contributed by atoms with Gasteiger partial charge in [0.05, 0.1) is 6.04 Å². The Hall–Kier alpha value is -2.61. The maximum atomic E-state index is 13.2. The van der Waals surface area contributed by atoms with Crippen LogP contribution in [0.15, 0.2) is 36.9 Å². The molecule has 1 aliphatic rings. The minimum absolute atomic E-state index is 0.0206. The molecule has 2 atom stereocenters. The molecule has 1 aromatic heterocycles. The van der Waals surface area contributed by atoms with Crippen LogP contribution in [0.3, 0.4) is 0 Å². The monoisotopic (exact) mass is 433 g/mol. The number of ether oxygens (including phenoxy) is 1. The van der Waals surface area contributed by atoms with Crippen LogP contribution in [-0.2, 0) is 9.59 Å². The van der Waals surface area contributed by atoms with Crippen LogP contribution in [-0.4, -0.2) is 49.6 Å². The second kappa shape index (κ2) is 8.26. The van der Waals surface area contributed by atoms with E-state index in [1.165, 1.54) is 6.33 Å². The molecule has 1 saturated heterocycles. The highest BCUT2D eigenvalue weighted by Gasteiger charge is 2.45. The molecule has 1 aromatic carbocycles. The van der Waals surface area contributed by atoms with E-state index in [1.807, 2.05) is 20.8 Å². The van der Waals surface area contributed by atoms with Gasteiger partial charge in [0.1, 0.15) is 23.9 Å². The first-order valence-corrected chi connectivity index (χ1v) is 10.3. The summed E-state index contributed by atoms with van der Waals surface area (Å²) in [6.07, 6.45) is 2.78. The van der Waals surface area contributed by atoms with Crippen molar-refractivity contribution in [3.63, 3.8) is 0 Å². The maximum Gasteiger partial charge on any atom is 0.245 e. The number of likely N-dealkylation sites (tertiary alicyclic amines) is 1. The number of carbonyl (C=O) groups excluding carboxylic acids is 2. The van der Waals surface area contributed by atoms with Crippen molar-refractivity contribution in [3.05, 3.63) is 41.9 Å².